The van der Waals surface area contributed by atoms with E-state index in [1.54, 1.807) is 0 Å². The summed E-state index contributed by atoms with van der Waals surface area (Å²) in [6, 6.07) is 71.2. The number of anilines is 2. The Kier molecular flexibility index (Phi) is 12.6. The van der Waals surface area contributed by atoms with Crippen LogP contribution in [0.4, 0.5) is 11.4 Å². The van der Waals surface area contributed by atoms with Crippen molar-refractivity contribution in [1.29, 1.82) is 0 Å². The van der Waals surface area contributed by atoms with E-state index in [-0.39, 0.29) is 0 Å². The highest BCUT2D eigenvalue weighted by molar-refractivity contribution is 5.93. The molecule has 9 aromatic rings. The van der Waals surface area contributed by atoms with Gasteiger partial charge in [0.15, 0.2) is 0 Å². The highest BCUT2D eigenvalue weighted by Crippen LogP contribution is 2.43. The number of aryl methyl sites for hydroxylation is 2. The fraction of sp³-hybridized carbons (Fsp3) is 0.0909. The van der Waals surface area contributed by atoms with Gasteiger partial charge in [0, 0.05) is 29.2 Å². The number of aromatic nitrogens is 1. The molecular weight excluding hydrogens is 821 g/mol. The molecule has 0 atom stereocenters. The molecule has 1 aliphatic carbocycles. The quantitative estimate of drug-likeness (QED) is 0.127. The zero-order chi connectivity index (χ0) is 46.4. The molecule has 0 radical (unpaired) electrons. The summed E-state index contributed by atoms with van der Waals surface area (Å²) in [5, 5.41) is 0. The molecule has 2 aliphatic rings. The first kappa shape index (κ1) is 43.6. The number of fused-ring (bicyclic) bond motifs is 2. The van der Waals surface area contributed by atoms with Gasteiger partial charge in [0.05, 0.1) is 11.4 Å². The zero-order valence-corrected chi connectivity index (χ0v) is 39.2. The molecule has 0 saturated carbocycles. The van der Waals surface area contributed by atoms with Crippen molar-refractivity contribution in [2.75, 3.05) is 4.90 Å². The molecule has 68 heavy (non-hydrogen) atoms. The Balaban J connectivity index is 0.00000266. The lowest BCUT2D eigenvalue weighted by molar-refractivity contribution is 0.923. The van der Waals surface area contributed by atoms with Gasteiger partial charge in [-0.05, 0) is 181 Å². The van der Waals surface area contributed by atoms with E-state index >= 15 is 0 Å². The Hall–Kier alpha value is -8.29. The molecule has 0 saturated heterocycles. The van der Waals surface area contributed by atoms with Gasteiger partial charge in [0.1, 0.15) is 0 Å². The molecule has 11 rings (SSSR count). The minimum Gasteiger partial charge on any atom is -0.303 e. The topological polar surface area (TPSA) is 16.1 Å². The maximum atomic E-state index is 4.37. The molecule has 0 fully saturated rings. The summed E-state index contributed by atoms with van der Waals surface area (Å²) in [6.45, 7) is 8.40. The second kappa shape index (κ2) is 19.7. The lowest BCUT2D eigenvalue weighted by Crippen LogP contribution is -2.18. The van der Waals surface area contributed by atoms with Crippen LogP contribution < -0.4 is 4.90 Å². The van der Waals surface area contributed by atoms with Gasteiger partial charge in [0.25, 0.3) is 0 Å². The molecule has 1 aromatic heterocycles. The van der Waals surface area contributed by atoms with Gasteiger partial charge in [0.2, 0.25) is 0 Å². The Morgan fingerprint density at radius 3 is 1.38 bits per heavy atom. The standard InChI is InChI=1S/C64H48N2.C2H6/c1-3-14-45-29-30-56(41-62(45)61-33-34-65-43-44(61)2)54-24-12-22-52(38-54)50-20-10-18-48(36-50)46-16-9-17-47(35-46)49-19-11-21-51(37-49)53-23-13-25-55(39-53)57-31-32-64-63(42-57)58-15-7-8-28-60(40-58)66(64)59-26-5-4-6-27-59;1-2/h4-13,15-39,41-43H,3,14H2,1-2H3;1-2H3. The van der Waals surface area contributed by atoms with E-state index in [0.29, 0.717) is 0 Å². The van der Waals surface area contributed by atoms with Gasteiger partial charge < -0.3 is 4.90 Å². The molecule has 328 valence electrons. The van der Waals surface area contributed by atoms with Crippen LogP contribution in [0, 0.1) is 6.92 Å². The summed E-state index contributed by atoms with van der Waals surface area (Å²) >= 11 is 0. The van der Waals surface area contributed by atoms with Crippen LogP contribution in [-0.2, 0) is 6.42 Å². The van der Waals surface area contributed by atoms with Crippen LogP contribution in [0.25, 0.3) is 83.5 Å². The molecule has 8 aromatic carbocycles. The summed E-state index contributed by atoms with van der Waals surface area (Å²) in [4.78, 5) is 6.66. The van der Waals surface area contributed by atoms with Crippen molar-refractivity contribution >= 4 is 16.9 Å². The normalized spacial score (nSPS) is 12.3. The van der Waals surface area contributed by atoms with Crippen LogP contribution in [-0.4, -0.2) is 4.98 Å². The minimum absolute atomic E-state index is 1.04. The molecule has 1 aliphatic heterocycles. The molecule has 2 bridgehead atoms. The second-order valence-electron chi connectivity index (χ2n) is 17.3. The Bertz CT molecular complexity index is 3430. The van der Waals surface area contributed by atoms with Gasteiger partial charge in [-0.3, -0.25) is 4.98 Å². The largest absolute Gasteiger partial charge is 0.303 e. The number of nitrogens with zero attached hydrogens (tertiary/aromatic N) is 2. The molecule has 0 unspecified atom stereocenters. The van der Waals surface area contributed by atoms with E-state index in [0.717, 1.165) is 35.5 Å². The van der Waals surface area contributed by atoms with Gasteiger partial charge >= 0.3 is 0 Å². The van der Waals surface area contributed by atoms with Crippen molar-refractivity contribution in [1.82, 2.24) is 4.98 Å². The van der Waals surface area contributed by atoms with Crippen molar-refractivity contribution in [3.8, 4) is 77.9 Å². The van der Waals surface area contributed by atoms with Crippen molar-refractivity contribution in [2.45, 2.75) is 40.5 Å². The third-order valence-electron chi connectivity index (χ3n) is 12.9. The smallest absolute Gasteiger partial charge is 0.0896 e. The summed E-state index contributed by atoms with van der Waals surface area (Å²) in [6.07, 6.45) is 14.5. The maximum Gasteiger partial charge on any atom is 0.0896 e. The van der Waals surface area contributed by atoms with Crippen molar-refractivity contribution in [3.63, 3.8) is 0 Å². The van der Waals surface area contributed by atoms with Crippen LogP contribution >= 0.6 is 0 Å². The fourth-order valence-electron chi connectivity index (χ4n) is 9.58. The zero-order valence-electron chi connectivity index (χ0n) is 39.2. The van der Waals surface area contributed by atoms with E-state index in [4.69, 9.17) is 0 Å². The van der Waals surface area contributed by atoms with Crippen molar-refractivity contribution in [3.05, 3.63) is 259 Å². The Labute approximate surface area is 402 Å². The highest BCUT2D eigenvalue weighted by Gasteiger charge is 2.23. The maximum absolute atomic E-state index is 4.37. The fourth-order valence-corrected chi connectivity index (χ4v) is 9.58. The number of allylic oxidation sites excluding steroid dienone is 4. The number of benzene rings is 8. The van der Waals surface area contributed by atoms with Crippen LogP contribution in [0.3, 0.4) is 0 Å². The molecule has 0 amide bonds. The van der Waals surface area contributed by atoms with Crippen LogP contribution in [0.15, 0.2) is 242 Å². The van der Waals surface area contributed by atoms with Gasteiger partial charge in [-0.25, -0.2) is 0 Å². The third-order valence-corrected chi connectivity index (χ3v) is 12.9. The number of hydrogen-bond acceptors (Lipinski definition) is 2. The summed E-state index contributed by atoms with van der Waals surface area (Å²) in [5.74, 6) is 0. The third kappa shape index (κ3) is 8.86. The van der Waals surface area contributed by atoms with Gasteiger partial charge in [-0.15, -0.1) is 0 Å². The van der Waals surface area contributed by atoms with Crippen LogP contribution in [0.5, 0.6) is 0 Å². The first-order valence-corrected chi connectivity index (χ1v) is 24.0. The predicted molar refractivity (Wildman–Crippen MR) is 290 cm³/mol. The molecule has 0 spiro atoms. The number of pyridine rings is 1. The summed E-state index contributed by atoms with van der Waals surface area (Å²) in [5.41, 5.74) is 28.7. The SMILES string of the molecule is CC.CCCc1ccc(-c2cccc(-c3cccc(-c4cccc(-c5cccc(-c6cccc(-c7ccc8c(c7)C7=C=C(C=CC=C7)N8c7ccccc7)c6)c5)c4)c3)c2)cc1-c1ccncc1C. The molecule has 2 heteroatoms. The molecular formula is C66H54N2. The highest BCUT2D eigenvalue weighted by atomic mass is 15.2. The molecule has 0 N–H and O–H groups in total. The summed E-state index contributed by atoms with van der Waals surface area (Å²) in [7, 11) is 0. The Morgan fingerprint density at radius 1 is 0.441 bits per heavy atom. The monoisotopic (exact) mass is 874 g/mol. The van der Waals surface area contributed by atoms with Crippen molar-refractivity contribution in [2.24, 2.45) is 0 Å². The predicted octanol–water partition coefficient (Wildman–Crippen LogP) is 18.2. The van der Waals surface area contributed by atoms with Gasteiger partial charge in [-0.2, -0.15) is 0 Å². The minimum atomic E-state index is 1.04. The van der Waals surface area contributed by atoms with E-state index in [1.165, 1.54) is 94.6 Å². The molecule has 2 nitrogen and oxygen atoms in total. The molecule has 2 heterocycles. The van der Waals surface area contributed by atoms with E-state index in [1.807, 2.05) is 26.2 Å². The lowest BCUT2D eigenvalue weighted by atomic mass is 9.90. The number of para-hydroxylation sites is 1. The van der Waals surface area contributed by atoms with E-state index in [9.17, 15) is 0 Å². The lowest BCUT2D eigenvalue weighted by Gasteiger charge is -2.30. The van der Waals surface area contributed by atoms with Gasteiger partial charge in [-0.1, -0.05) is 172 Å². The van der Waals surface area contributed by atoms with Crippen LogP contribution in [0.2, 0.25) is 0 Å². The first-order valence-electron chi connectivity index (χ1n) is 24.0. The average Bonchev–Trinajstić information content (AvgIpc) is 3.63. The number of rotatable bonds is 10. The second-order valence-corrected chi connectivity index (χ2v) is 17.3. The van der Waals surface area contributed by atoms with E-state index < -0.39 is 0 Å². The Morgan fingerprint density at radius 2 is 0.897 bits per heavy atom. The average molecular weight is 875 g/mol. The van der Waals surface area contributed by atoms with Crippen molar-refractivity contribution < 1.29 is 0 Å². The summed E-state index contributed by atoms with van der Waals surface area (Å²) < 4.78 is 0. The number of hydrogen-bond donors (Lipinski definition) is 0. The first-order chi connectivity index (χ1) is 33.6. The van der Waals surface area contributed by atoms with Crippen LogP contribution in [0.1, 0.15) is 43.9 Å². The van der Waals surface area contributed by atoms with E-state index in [2.05, 4.69) is 248 Å².